The highest BCUT2D eigenvalue weighted by atomic mass is 35.5. The number of anilines is 1. The van der Waals surface area contributed by atoms with Crippen molar-refractivity contribution in [2.75, 3.05) is 5.32 Å². The summed E-state index contributed by atoms with van der Waals surface area (Å²) in [6.45, 7) is 3.58. The van der Waals surface area contributed by atoms with Crippen molar-refractivity contribution in [3.05, 3.63) is 33.3 Å². The predicted molar refractivity (Wildman–Crippen MR) is 69.5 cm³/mol. The molecule has 1 aromatic rings. The first kappa shape index (κ1) is 14.4. The van der Waals surface area contributed by atoms with Gasteiger partial charge in [-0.1, -0.05) is 25.4 Å². The van der Waals surface area contributed by atoms with Crippen molar-refractivity contribution < 1.29 is 9.72 Å². The molecule has 0 unspecified atom stereocenters. The average molecular weight is 272 g/mol. The number of nitro benzene ring substituents is 1. The Hall–Kier alpha value is -1.66. The molecule has 0 aliphatic heterocycles. The van der Waals surface area contributed by atoms with Gasteiger partial charge in [0, 0.05) is 11.1 Å². The number of rotatable bonds is 4. The standard InChI is InChI=1S/C11H14ClN3O3/c1-6(2)10(13)11(16)14-8-4-3-7(12)5-9(8)15(17)18/h3-6,10H,13H2,1-2H3,(H,14,16)/t10-/m1/s1. The molecule has 1 rings (SSSR count). The molecule has 0 radical (unpaired) electrons. The molecule has 1 amide bonds. The van der Waals surface area contributed by atoms with Gasteiger partial charge in [0.25, 0.3) is 5.69 Å². The number of nitrogens with one attached hydrogen (secondary N) is 1. The zero-order valence-electron chi connectivity index (χ0n) is 10.0. The van der Waals surface area contributed by atoms with E-state index in [1.54, 1.807) is 13.8 Å². The van der Waals surface area contributed by atoms with E-state index in [0.29, 0.717) is 0 Å². The van der Waals surface area contributed by atoms with E-state index in [1.807, 2.05) is 0 Å². The van der Waals surface area contributed by atoms with Gasteiger partial charge in [0.2, 0.25) is 5.91 Å². The molecule has 0 aromatic heterocycles. The predicted octanol–water partition coefficient (Wildman–Crippen LogP) is 2.17. The topological polar surface area (TPSA) is 98.3 Å². The molecule has 0 saturated heterocycles. The zero-order valence-corrected chi connectivity index (χ0v) is 10.8. The second-order valence-corrected chi connectivity index (χ2v) is 4.61. The number of carbonyl (C=O) groups is 1. The molecule has 0 saturated carbocycles. The van der Waals surface area contributed by atoms with E-state index < -0.39 is 16.9 Å². The molecule has 3 N–H and O–H groups in total. The van der Waals surface area contributed by atoms with Crippen LogP contribution in [0.2, 0.25) is 5.02 Å². The van der Waals surface area contributed by atoms with Crippen molar-refractivity contribution in [3.8, 4) is 0 Å². The molecule has 0 spiro atoms. The summed E-state index contributed by atoms with van der Waals surface area (Å²) in [5.74, 6) is -0.522. The molecule has 7 heteroatoms. The Kier molecular flexibility index (Phi) is 4.63. The minimum Gasteiger partial charge on any atom is -0.320 e. The summed E-state index contributed by atoms with van der Waals surface area (Å²) < 4.78 is 0. The number of nitrogens with zero attached hydrogens (tertiary/aromatic N) is 1. The van der Waals surface area contributed by atoms with E-state index in [1.165, 1.54) is 18.2 Å². The Morgan fingerprint density at radius 3 is 2.61 bits per heavy atom. The smallest absolute Gasteiger partial charge is 0.294 e. The third kappa shape index (κ3) is 3.41. The van der Waals surface area contributed by atoms with Gasteiger partial charge in [-0.25, -0.2) is 0 Å². The Morgan fingerprint density at radius 2 is 2.11 bits per heavy atom. The lowest BCUT2D eigenvalue weighted by Gasteiger charge is -2.15. The molecular weight excluding hydrogens is 258 g/mol. The highest BCUT2D eigenvalue weighted by Gasteiger charge is 2.21. The van der Waals surface area contributed by atoms with Gasteiger partial charge in [0.15, 0.2) is 0 Å². The maximum Gasteiger partial charge on any atom is 0.294 e. The van der Waals surface area contributed by atoms with Gasteiger partial charge in [0.1, 0.15) is 5.69 Å². The largest absolute Gasteiger partial charge is 0.320 e. The first-order chi connectivity index (χ1) is 8.32. The molecule has 6 nitrogen and oxygen atoms in total. The lowest BCUT2D eigenvalue weighted by atomic mass is 10.0. The van der Waals surface area contributed by atoms with Gasteiger partial charge >= 0.3 is 0 Å². The molecular formula is C11H14ClN3O3. The van der Waals surface area contributed by atoms with Gasteiger partial charge < -0.3 is 11.1 Å². The normalized spacial score (nSPS) is 12.3. The SMILES string of the molecule is CC(C)[C@@H](N)C(=O)Nc1ccc(Cl)cc1[N+](=O)[O-]. The summed E-state index contributed by atoms with van der Waals surface area (Å²) in [4.78, 5) is 21.9. The van der Waals surface area contributed by atoms with E-state index in [-0.39, 0.29) is 22.3 Å². The van der Waals surface area contributed by atoms with E-state index in [0.717, 1.165) is 0 Å². The lowest BCUT2D eigenvalue weighted by molar-refractivity contribution is -0.383. The van der Waals surface area contributed by atoms with Gasteiger partial charge in [-0.05, 0) is 18.1 Å². The summed E-state index contributed by atoms with van der Waals surface area (Å²) >= 11 is 5.67. The van der Waals surface area contributed by atoms with Crippen molar-refractivity contribution in [2.24, 2.45) is 11.7 Å². The zero-order chi connectivity index (χ0) is 13.9. The van der Waals surface area contributed by atoms with Crippen molar-refractivity contribution in [1.82, 2.24) is 0 Å². The number of halogens is 1. The molecule has 0 heterocycles. The van der Waals surface area contributed by atoms with Crippen LogP contribution < -0.4 is 11.1 Å². The number of hydrogen-bond donors (Lipinski definition) is 2. The summed E-state index contributed by atoms with van der Waals surface area (Å²) in [7, 11) is 0. The van der Waals surface area contributed by atoms with Gasteiger partial charge in [-0.2, -0.15) is 0 Å². The van der Waals surface area contributed by atoms with Crippen molar-refractivity contribution in [1.29, 1.82) is 0 Å². The molecule has 0 bridgehead atoms. The number of benzene rings is 1. The van der Waals surface area contributed by atoms with Gasteiger partial charge in [0.05, 0.1) is 11.0 Å². The van der Waals surface area contributed by atoms with Crippen molar-refractivity contribution >= 4 is 28.9 Å². The van der Waals surface area contributed by atoms with Crippen LogP contribution in [0.4, 0.5) is 11.4 Å². The van der Waals surface area contributed by atoms with Crippen molar-refractivity contribution in [3.63, 3.8) is 0 Å². The van der Waals surface area contributed by atoms with E-state index >= 15 is 0 Å². The Bertz CT molecular complexity index is 477. The third-order valence-corrected chi connectivity index (χ3v) is 2.67. The van der Waals surface area contributed by atoms with Gasteiger partial charge in [-0.3, -0.25) is 14.9 Å². The number of carbonyl (C=O) groups excluding carboxylic acids is 1. The van der Waals surface area contributed by atoms with Crippen LogP contribution in [0, 0.1) is 16.0 Å². The Labute approximate surface area is 109 Å². The number of amides is 1. The first-order valence-electron chi connectivity index (χ1n) is 5.33. The molecule has 0 aliphatic carbocycles. The fourth-order valence-corrected chi connectivity index (χ4v) is 1.45. The van der Waals surface area contributed by atoms with Crippen LogP contribution in [0.15, 0.2) is 18.2 Å². The van der Waals surface area contributed by atoms with Crippen LogP contribution in [0.5, 0.6) is 0 Å². The highest BCUT2D eigenvalue weighted by Crippen LogP contribution is 2.27. The first-order valence-corrected chi connectivity index (χ1v) is 5.71. The molecule has 1 atom stereocenters. The van der Waals surface area contributed by atoms with Gasteiger partial charge in [-0.15, -0.1) is 0 Å². The second kappa shape index (κ2) is 5.79. The molecule has 1 aromatic carbocycles. The monoisotopic (exact) mass is 271 g/mol. The molecule has 0 fully saturated rings. The Morgan fingerprint density at radius 1 is 1.50 bits per heavy atom. The van der Waals surface area contributed by atoms with Crippen LogP contribution in [0.25, 0.3) is 0 Å². The van der Waals surface area contributed by atoms with Crippen LogP contribution in [0.3, 0.4) is 0 Å². The second-order valence-electron chi connectivity index (χ2n) is 4.18. The van der Waals surface area contributed by atoms with Crippen LogP contribution in [-0.4, -0.2) is 16.9 Å². The molecule has 18 heavy (non-hydrogen) atoms. The third-order valence-electron chi connectivity index (χ3n) is 2.44. The van der Waals surface area contributed by atoms with Crippen LogP contribution >= 0.6 is 11.6 Å². The minimum atomic E-state index is -0.722. The number of nitro groups is 1. The average Bonchev–Trinajstić information content (AvgIpc) is 2.29. The lowest BCUT2D eigenvalue weighted by Crippen LogP contribution is -2.39. The maximum absolute atomic E-state index is 11.7. The highest BCUT2D eigenvalue weighted by molar-refractivity contribution is 6.31. The van der Waals surface area contributed by atoms with E-state index in [4.69, 9.17) is 17.3 Å². The van der Waals surface area contributed by atoms with E-state index in [9.17, 15) is 14.9 Å². The maximum atomic E-state index is 11.7. The Balaban J connectivity index is 2.98. The fourth-order valence-electron chi connectivity index (χ4n) is 1.28. The molecule has 0 aliphatic rings. The summed E-state index contributed by atoms with van der Waals surface area (Å²) in [6.07, 6.45) is 0. The quantitative estimate of drug-likeness (QED) is 0.647. The number of nitrogens with two attached hydrogens (primary N) is 1. The van der Waals surface area contributed by atoms with Crippen LogP contribution in [-0.2, 0) is 4.79 Å². The summed E-state index contributed by atoms with van der Waals surface area (Å²) in [6, 6.07) is 3.30. The fraction of sp³-hybridized carbons (Fsp3) is 0.364. The van der Waals surface area contributed by atoms with E-state index in [2.05, 4.69) is 5.32 Å². The molecule has 98 valence electrons. The summed E-state index contributed by atoms with van der Waals surface area (Å²) in [5.41, 5.74) is 5.49. The van der Waals surface area contributed by atoms with Crippen LogP contribution in [0.1, 0.15) is 13.8 Å². The summed E-state index contributed by atoms with van der Waals surface area (Å²) in [5, 5.41) is 13.5. The number of hydrogen-bond acceptors (Lipinski definition) is 4. The van der Waals surface area contributed by atoms with Crippen molar-refractivity contribution in [2.45, 2.75) is 19.9 Å². The minimum absolute atomic E-state index is 0.0589.